The third-order valence-corrected chi connectivity index (χ3v) is 10.8. The van der Waals surface area contributed by atoms with Crippen molar-refractivity contribution in [1.82, 2.24) is 9.97 Å². The van der Waals surface area contributed by atoms with Gasteiger partial charge in [-0.15, -0.1) is 11.3 Å². The van der Waals surface area contributed by atoms with Crippen molar-refractivity contribution in [3.05, 3.63) is 170 Å². The van der Waals surface area contributed by atoms with E-state index in [2.05, 4.69) is 146 Å². The molecule has 50 heavy (non-hydrogen) atoms. The van der Waals surface area contributed by atoms with Crippen LogP contribution in [-0.2, 0) is 0 Å². The van der Waals surface area contributed by atoms with Gasteiger partial charge in [0.15, 0.2) is 5.82 Å². The molecule has 10 aromatic rings. The molecule has 3 heterocycles. The Bertz CT molecular complexity index is 2870. The van der Waals surface area contributed by atoms with Gasteiger partial charge in [-0.1, -0.05) is 140 Å². The van der Waals surface area contributed by atoms with Crippen LogP contribution in [0.5, 0.6) is 0 Å². The Hall–Kier alpha value is -6.36. The Morgan fingerprint density at radius 3 is 1.86 bits per heavy atom. The lowest BCUT2D eigenvalue weighted by Gasteiger charge is -2.12. The van der Waals surface area contributed by atoms with E-state index in [0.717, 1.165) is 55.6 Å². The highest BCUT2D eigenvalue weighted by atomic mass is 32.1. The maximum absolute atomic E-state index is 6.46. The van der Waals surface area contributed by atoms with Crippen molar-refractivity contribution in [3.8, 4) is 56.2 Å². The fourth-order valence-electron chi connectivity index (χ4n) is 7.07. The van der Waals surface area contributed by atoms with Crippen molar-refractivity contribution >= 4 is 53.4 Å². The molecule has 0 fully saturated rings. The molecule has 3 nitrogen and oxygen atoms in total. The monoisotopic (exact) mass is 656 g/mol. The number of fused-ring (bicyclic) bond motifs is 6. The summed E-state index contributed by atoms with van der Waals surface area (Å²) >= 11 is 1.85. The second-order valence-electron chi connectivity index (χ2n) is 12.5. The molecule has 0 aliphatic rings. The van der Waals surface area contributed by atoms with E-state index in [1.165, 1.54) is 36.9 Å². The molecular weight excluding hydrogens is 629 g/mol. The van der Waals surface area contributed by atoms with Gasteiger partial charge in [-0.05, 0) is 52.6 Å². The van der Waals surface area contributed by atoms with Crippen LogP contribution in [0.4, 0.5) is 0 Å². The molecule has 0 atom stereocenters. The van der Waals surface area contributed by atoms with E-state index in [4.69, 9.17) is 14.4 Å². The van der Waals surface area contributed by atoms with Gasteiger partial charge in [-0.3, -0.25) is 0 Å². The number of benzene rings is 7. The van der Waals surface area contributed by atoms with Crippen molar-refractivity contribution in [3.63, 3.8) is 0 Å². The summed E-state index contributed by atoms with van der Waals surface area (Å²) in [6.45, 7) is 0. The van der Waals surface area contributed by atoms with Gasteiger partial charge in [0, 0.05) is 42.1 Å². The first kappa shape index (κ1) is 28.6. The first-order valence-electron chi connectivity index (χ1n) is 16.7. The first-order chi connectivity index (χ1) is 24.8. The van der Waals surface area contributed by atoms with Crippen LogP contribution in [0, 0.1) is 0 Å². The number of rotatable bonds is 5. The summed E-state index contributed by atoms with van der Waals surface area (Å²) in [5.41, 5.74) is 11.0. The Labute approximate surface area is 292 Å². The molecule has 234 valence electrons. The third kappa shape index (κ3) is 4.80. The van der Waals surface area contributed by atoms with E-state index in [-0.39, 0.29) is 0 Å². The largest absolute Gasteiger partial charge is 0.455 e. The molecule has 3 aromatic heterocycles. The number of thiophene rings is 1. The minimum Gasteiger partial charge on any atom is -0.455 e. The molecule has 0 saturated carbocycles. The summed E-state index contributed by atoms with van der Waals surface area (Å²) in [7, 11) is 0. The molecule has 0 unspecified atom stereocenters. The molecular formula is C46H28N2OS. The van der Waals surface area contributed by atoms with Crippen LogP contribution in [0.2, 0.25) is 0 Å². The quantitative estimate of drug-likeness (QED) is 0.185. The summed E-state index contributed by atoms with van der Waals surface area (Å²) < 4.78 is 9.05. The van der Waals surface area contributed by atoms with Gasteiger partial charge in [-0.25, -0.2) is 9.97 Å². The maximum Gasteiger partial charge on any atom is 0.164 e. The molecule has 10 rings (SSSR count). The van der Waals surface area contributed by atoms with Gasteiger partial charge < -0.3 is 4.42 Å². The van der Waals surface area contributed by atoms with Crippen molar-refractivity contribution in [2.24, 2.45) is 0 Å². The maximum atomic E-state index is 6.46. The van der Waals surface area contributed by atoms with E-state index >= 15 is 0 Å². The zero-order valence-corrected chi connectivity index (χ0v) is 27.7. The van der Waals surface area contributed by atoms with Gasteiger partial charge in [0.05, 0.1) is 17.0 Å². The zero-order valence-electron chi connectivity index (χ0n) is 26.9. The van der Waals surface area contributed by atoms with Crippen LogP contribution >= 0.6 is 11.3 Å². The van der Waals surface area contributed by atoms with Gasteiger partial charge in [0.25, 0.3) is 0 Å². The van der Waals surface area contributed by atoms with Crippen LogP contribution in [0.15, 0.2) is 174 Å². The van der Waals surface area contributed by atoms with E-state index in [1.807, 2.05) is 35.6 Å². The predicted octanol–water partition coefficient (Wildman–Crippen LogP) is 13.1. The minimum absolute atomic E-state index is 0.631. The standard InChI is InChI=1S/C46H28N2OS/c1-2-11-29(12-3-1)30-23-25-31(26-24-30)40-28-41(48-46(47-40)39-20-10-18-37-35-15-4-6-21-42(35)49-44(37)39)33-14-8-13-32(27-33)34-17-9-19-38-36-16-5-7-22-43(36)50-45(34)38/h1-28H. The van der Waals surface area contributed by atoms with E-state index in [9.17, 15) is 0 Å². The molecule has 0 spiro atoms. The molecule has 0 aliphatic carbocycles. The topological polar surface area (TPSA) is 38.9 Å². The molecule has 0 bridgehead atoms. The SMILES string of the molecule is c1ccc(-c2ccc(-c3cc(-c4cccc(-c5cccc6c5sc5ccccc56)c4)nc(-c4cccc5c4oc4ccccc45)n3)cc2)cc1. The van der Waals surface area contributed by atoms with E-state index < -0.39 is 0 Å². The summed E-state index contributed by atoms with van der Waals surface area (Å²) in [5, 5.41) is 4.73. The van der Waals surface area contributed by atoms with Crippen molar-refractivity contribution in [2.45, 2.75) is 0 Å². The molecule has 0 N–H and O–H groups in total. The third-order valence-electron chi connectivity index (χ3n) is 9.53. The average molecular weight is 657 g/mol. The Kier molecular flexibility index (Phi) is 6.68. The number of para-hydroxylation sites is 2. The lowest BCUT2D eigenvalue weighted by atomic mass is 9.98. The van der Waals surface area contributed by atoms with Gasteiger partial charge >= 0.3 is 0 Å². The van der Waals surface area contributed by atoms with Gasteiger partial charge in [0.2, 0.25) is 0 Å². The second kappa shape index (κ2) is 11.7. The molecule has 0 saturated heterocycles. The number of hydrogen-bond acceptors (Lipinski definition) is 4. The van der Waals surface area contributed by atoms with E-state index in [0.29, 0.717) is 5.82 Å². The van der Waals surface area contributed by atoms with E-state index in [1.54, 1.807) is 0 Å². The Morgan fingerprint density at radius 1 is 0.400 bits per heavy atom. The summed E-state index contributed by atoms with van der Waals surface area (Å²) in [4.78, 5) is 10.4. The summed E-state index contributed by atoms with van der Waals surface area (Å²) in [5.74, 6) is 0.631. The normalized spacial score (nSPS) is 11.6. The molecule has 0 radical (unpaired) electrons. The van der Waals surface area contributed by atoms with Gasteiger partial charge in [0.1, 0.15) is 11.2 Å². The average Bonchev–Trinajstić information content (AvgIpc) is 3.77. The number of aromatic nitrogens is 2. The van der Waals surface area contributed by atoms with Crippen LogP contribution in [-0.4, -0.2) is 9.97 Å². The Morgan fingerprint density at radius 2 is 1.00 bits per heavy atom. The smallest absolute Gasteiger partial charge is 0.164 e. The number of nitrogens with zero attached hydrogens (tertiary/aromatic N) is 2. The van der Waals surface area contributed by atoms with Crippen LogP contribution in [0.25, 0.3) is 98.3 Å². The zero-order chi connectivity index (χ0) is 33.0. The van der Waals surface area contributed by atoms with Crippen LogP contribution in [0.1, 0.15) is 0 Å². The fraction of sp³-hybridized carbons (Fsp3) is 0. The molecule has 0 aliphatic heterocycles. The molecule has 7 aromatic carbocycles. The van der Waals surface area contributed by atoms with Crippen LogP contribution < -0.4 is 0 Å². The molecule has 4 heteroatoms. The number of hydrogen-bond donors (Lipinski definition) is 0. The van der Waals surface area contributed by atoms with Crippen molar-refractivity contribution < 1.29 is 4.42 Å². The minimum atomic E-state index is 0.631. The first-order valence-corrected chi connectivity index (χ1v) is 17.6. The van der Waals surface area contributed by atoms with Crippen molar-refractivity contribution in [1.29, 1.82) is 0 Å². The second-order valence-corrected chi connectivity index (χ2v) is 13.6. The lowest BCUT2D eigenvalue weighted by Crippen LogP contribution is -1.96. The molecule has 0 amide bonds. The summed E-state index contributed by atoms with van der Waals surface area (Å²) in [6.07, 6.45) is 0. The predicted molar refractivity (Wildman–Crippen MR) is 209 cm³/mol. The highest BCUT2D eigenvalue weighted by Crippen LogP contribution is 2.41. The Balaban J connectivity index is 1.15. The van der Waals surface area contributed by atoms with Crippen LogP contribution in [0.3, 0.4) is 0 Å². The lowest BCUT2D eigenvalue weighted by molar-refractivity contribution is 0.669. The fourth-order valence-corrected chi connectivity index (χ4v) is 8.31. The van der Waals surface area contributed by atoms with Gasteiger partial charge in [-0.2, -0.15) is 0 Å². The highest BCUT2D eigenvalue weighted by Gasteiger charge is 2.18. The number of furan rings is 1. The highest BCUT2D eigenvalue weighted by molar-refractivity contribution is 7.26. The van der Waals surface area contributed by atoms with Crippen molar-refractivity contribution in [2.75, 3.05) is 0 Å². The summed E-state index contributed by atoms with van der Waals surface area (Å²) in [6, 6.07) is 59.6.